The van der Waals surface area contributed by atoms with Gasteiger partial charge in [-0.2, -0.15) is 19.8 Å². The van der Waals surface area contributed by atoms with Crippen LogP contribution in [0.1, 0.15) is 0 Å². The Morgan fingerprint density at radius 1 is 1.25 bits per heavy atom. The maximum atomic E-state index is 9.32. The van der Waals surface area contributed by atoms with Crippen molar-refractivity contribution in [3.63, 3.8) is 0 Å². The first kappa shape index (κ1) is 15.7. The van der Waals surface area contributed by atoms with Crippen LogP contribution in [0.25, 0.3) is 0 Å². The van der Waals surface area contributed by atoms with Crippen LogP contribution in [0.15, 0.2) is 0 Å². The molecular weight excluding hydrogens is 148 g/mol. The SMILES string of the molecule is NC(=O)C(=O)O.P.P. The van der Waals surface area contributed by atoms with E-state index in [1.165, 1.54) is 0 Å². The summed E-state index contributed by atoms with van der Waals surface area (Å²) in [5, 5.41) is 7.52. The number of carbonyl (C=O) groups is 2. The van der Waals surface area contributed by atoms with Crippen molar-refractivity contribution in [3.8, 4) is 0 Å². The standard InChI is InChI=1S/C2H3NO3.2H3P/c3-1(4)2(5)6;;/h(H2,3,4)(H,5,6);2*1H3. The average molecular weight is 157 g/mol. The molecule has 0 aliphatic carbocycles. The van der Waals surface area contributed by atoms with Crippen molar-refractivity contribution in [2.45, 2.75) is 0 Å². The summed E-state index contributed by atoms with van der Waals surface area (Å²) in [5.74, 6) is -2.93. The molecule has 0 aliphatic heterocycles. The molecule has 0 aromatic carbocycles. The molecule has 50 valence electrons. The van der Waals surface area contributed by atoms with Gasteiger partial charge in [-0.3, -0.25) is 4.79 Å². The Hall–Kier alpha value is -0.200. The van der Waals surface area contributed by atoms with Crippen LogP contribution in [0, 0.1) is 0 Å². The van der Waals surface area contributed by atoms with Crippen molar-refractivity contribution in [2.24, 2.45) is 5.73 Å². The van der Waals surface area contributed by atoms with Crippen LogP contribution in [0.5, 0.6) is 0 Å². The van der Waals surface area contributed by atoms with E-state index >= 15 is 0 Å². The molecule has 4 nitrogen and oxygen atoms in total. The van der Waals surface area contributed by atoms with Crippen LogP contribution in [-0.2, 0) is 9.59 Å². The molecule has 0 bridgehead atoms. The molecule has 6 heteroatoms. The number of primary amides is 1. The van der Waals surface area contributed by atoms with Gasteiger partial charge in [0.05, 0.1) is 0 Å². The second kappa shape index (κ2) is 6.80. The van der Waals surface area contributed by atoms with Crippen molar-refractivity contribution in [1.29, 1.82) is 0 Å². The number of nitrogens with two attached hydrogens (primary N) is 1. The molecule has 0 aromatic heterocycles. The van der Waals surface area contributed by atoms with Crippen molar-refractivity contribution >= 4 is 31.7 Å². The summed E-state index contributed by atoms with van der Waals surface area (Å²) in [6, 6.07) is 0. The molecule has 1 amide bonds. The van der Waals surface area contributed by atoms with Crippen LogP contribution in [0.2, 0.25) is 0 Å². The van der Waals surface area contributed by atoms with Crippen LogP contribution in [-0.4, -0.2) is 17.0 Å². The lowest BCUT2D eigenvalue weighted by Gasteiger charge is -1.74. The van der Waals surface area contributed by atoms with Crippen LogP contribution >= 0.6 is 19.8 Å². The average Bonchev–Trinajstić information content (AvgIpc) is 1.36. The first-order valence-electron chi connectivity index (χ1n) is 1.17. The van der Waals surface area contributed by atoms with E-state index in [0.717, 1.165) is 0 Å². The van der Waals surface area contributed by atoms with E-state index in [1.54, 1.807) is 0 Å². The lowest BCUT2D eigenvalue weighted by molar-refractivity contribution is -0.148. The van der Waals surface area contributed by atoms with Crippen LogP contribution in [0.4, 0.5) is 0 Å². The first-order valence-corrected chi connectivity index (χ1v) is 1.17. The van der Waals surface area contributed by atoms with Gasteiger partial charge in [-0.15, -0.1) is 0 Å². The molecule has 2 unspecified atom stereocenters. The molecule has 0 saturated carbocycles. The van der Waals surface area contributed by atoms with Gasteiger partial charge >= 0.3 is 11.9 Å². The summed E-state index contributed by atoms with van der Waals surface area (Å²) in [5.41, 5.74) is 4.20. The Labute approximate surface area is 53.1 Å². The molecule has 3 N–H and O–H groups in total. The quantitative estimate of drug-likeness (QED) is 0.337. The summed E-state index contributed by atoms with van der Waals surface area (Å²) in [6.07, 6.45) is 0. The molecule has 0 aliphatic rings. The van der Waals surface area contributed by atoms with E-state index < -0.39 is 11.9 Å². The fourth-order valence-electron chi connectivity index (χ4n) is 0. The van der Waals surface area contributed by atoms with Gasteiger partial charge < -0.3 is 10.8 Å². The molecule has 0 fully saturated rings. The molecule has 0 spiro atoms. The van der Waals surface area contributed by atoms with Crippen LogP contribution < -0.4 is 5.73 Å². The lowest BCUT2D eigenvalue weighted by Crippen LogP contribution is -2.21. The highest BCUT2D eigenvalue weighted by molar-refractivity contribution is 6.92. The first-order chi connectivity index (χ1) is 2.64. The molecule has 0 heterocycles. The number of carbonyl (C=O) groups excluding carboxylic acids is 1. The zero-order valence-corrected chi connectivity index (χ0v) is 7.08. The van der Waals surface area contributed by atoms with E-state index in [4.69, 9.17) is 5.11 Å². The summed E-state index contributed by atoms with van der Waals surface area (Å²) in [6.45, 7) is 0. The van der Waals surface area contributed by atoms with Gasteiger partial charge in [-0.1, -0.05) is 0 Å². The second-order valence-corrected chi connectivity index (χ2v) is 0.669. The number of hydrogen-bond donors (Lipinski definition) is 2. The van der Waals surface area contributed by atoms with Gasteiger partial charge in [-0.05, 0) is 0 Å². The smallest absolute Gasteiger partial charge is 0.394 e. The van der Waals surface area contributed by atoms with Gasteiger partial charge in [0.15, 0.2) is 0 Å². The predicted molar refractivity (Wildman–Crippen MR) is 39.0 cm³/mol. The monoisotopic (exact) mass is 157 g/mol. The van der Waals surface area contributed by atoms with Gasteiger partial charge in [0.25, 0.3) is 0 Å². The highest BCUT2D eigenvalue weighted by atomic mass is 31.0. The third-order valence-corrected chi connectivity index (χ3v) is 0.211. The summed E-state index contributed by atoms with van der Waals surface area (Å²) < 4.78 is 0. The fraction of sp³-hybridized carbons (Fsp3) is 0. The fourth-order valence-corrected chi connectivity index (χ4v) is 0. The molecule has 2 atom stereocenters. The Morgan fingerprint density at radius 3 is 1.38 bits per heavy atom. The Morgan fingerprint density at radius 2 is 1.38 bits per heavy atom. The normalized spacial score (nSPS) is 5.50. The molecule has 8 heavy (non-hydrogen) atoms. The largest absolute Gasteiger partial charge is 0.474 e. The minimum atomic E-state index is -1.60. The van der Waals surface area contributed by atoms with E-state index in [1.807, 2.05) is 0 Å². The zero-order valence-electron chi connectivity index (χ0n) is 4.26. The Balaban J connectivity index is -0.000000125. The third-order valence-electron chi connectivity index (χ3n) is 0.211. The minimum Gasteiger partial charge on any atom is -0.474 e. The maximum absolute atomic E-state index is 9.32. The van der Waals surface area contributed by atoms with E-state index in [-0.39, 0.29) is 19.8 Å². The zero-order chi connectivity index (χ0) is 5.15. The van der Waals surface area contributed by atoms with Gasteiger partial charge in [-0.25, -0.2) is 4.79 Å². The molecule has 0 saturated heterocycles. The van der Waals surface area contributed by atoms with E-state index in [0.29, 0.717) is 0 Å². The molecular formula is C2H9NO3P2. The molecule has 0 rings (SSSR count). The van der Waals surface area contributed by atoms with Crippen molar-refractivity contribution in [2.75, 3.05) is 0 Å². The number of amides is 1. The van der Waals surface area contributed by atoms with Crippen LogP contribution in [0.3, 0.4) is 0 Å². The molecule has 0 aromatic rings. The van der Waals surface area contributed by atoms with Crippen molar-refractivity contribution < 1.29 is 14.7 Å². The lowest BCUT2D eigenvalue weighted by atomic mass is 10.7. The summed E-state index contributed by atoms with van der Waals surface area (Å²) >= 11 is 0. The van der Waals surface area contributed by atoms with E-state index in [2.05, 4.69) is 5.73 Å². The maximum Gasteiger partial charge on any atom is 0.394 e. The minimum absolute atomic E-state index is 0. The summed E-state index contributed by atoms with van der Waals surface area (Å²) in [4.78, 5) is 18.5. The number of aliphatic carboxylic acids is 1. The third kappa shape index (κ3) is 9.25. The van der Waals surface area contributed by atoms with Gasteiger partial charge in [0.2, 0.25) is 0 Å². The Bertz CT molecular complexity index is 81.3. The topological polar surface area (TPSA) is 80.4 Å². The highest BCUT2D eigenvalue weighted by Crippen LogP contribution is 1.51. The number of carboxylic acids is 1. The number of rotatable bonds is 0. The predicted octanol–water partition coefficient (Wildman–Crippen LogP) is -1.33. The number of hydrogen-bond acceptors (Lipinski definition) is 2. The number of carboxylic acid groups (broad SMARTS) is 1. The van der Waals surface area contributed by atoms with Crippen molar-refractivity contribution in [1.82, 2.24) is 0 Å². The van der Waals surface area contributed by atoms with E-state index in [9.17, 15) is 9.59 Å². The Kier molecular flexibility index (Phi) is 13.3. The summed E-state index contributed by atoms with van der Waals surface area (Å²) in [7, 11) is 0. The molecule has 0 radical (unpaired) electrons. The van der Waals surface area contributed by atoms with Crippen molar-refractivity contribution in [3.05, 3.63) is 0 Å². The second-order valence-electron chi connectivity index (χ2n) is 0.669. The van der Waals surface area contributed by atoms with Gasteiger partial charge in [0.1, 0.15) is 0 Å². The van der Waals surface area contributed by atoms with Gasteiger partial charge in [0, 0.05) is 0 Å². The highest BCUT2D eigenvalue weighted by Gasteiger charge is 2.00.